The summed E-state index contributed by atoms with van der Waals surface area (Å²) in [6.45, 7) is 1.85. The molecule has 1 aliphatic heterocycles. The van der Waals surface area contributed by atoms with Gasteiger partial charge in [0, 0.05) is 12.1 Å². The number of aryl methyl sites for hydroxylation is 1. The SMILES string of the molecule is Cc1ccc([C@@H]2C[C@@H](C(F)(F)F)n3ncc(C(=O)Nc4cccc(C(F)(F)F)c4)c3N2)cc1. The van der Waals surface area contributed by atoms with Crippen LogP contribution in [-0.4, -0.2) is 21.9 Å². The molecule has 4 rings (SSSR count). The molecule has 2 heterocycles. The zero-order valence-corrected chi connectivity index (χ0v) is 17.1. The summed E-state index contributed by atoms with van der Waals surface area (Å²) in [4.78, 5) is 12.8. The van der Waals surface area contributed by atoms with Gasteiger partial charge in [-0.05, 0) is 30.7 Å². The Morgan fingerprint density at radius 1 is 1.09 bits per heavy atom. The van der Waals surface area contributed by atoms with Gasteiger partial charge in [0.25, 0.3) is 5.91 Å². The topological polar surface area (TPSA) is 59.0 Å². The highest BCUT2D eigenvalue weighted by Gasteiger charge is 2.47. The van der Waals surface area contributed by atoms with Crippen LogP contribution < -0.4 is 10.6 Å². The van der Waals surface area contributed by atoms with Crippen LogP contribution in [0.15, 0.2) is 54.7 Å². The van der Waals surface area contributed by atoms with E-state index in [2.05, 4.69) is 15.7 Å². The number of halogens is 6. The highest BCUT2D eigenvalue weighted by molar-refractivity contribution is 6.07. The number of hydrogen-bond donors (Lipinski definition) is 2. The van der Waals surface area contributed by atoms with Crippen LogP contribution in [0.4, 0.5) is 37.8 Å². The molecule has 0 spiro atoms. The Hall–Kier alpha value is -3.50. The van der Waals surface area contributed by atoms with Crippen molar-refractivity contribution in [2.75, 3.05) is 10.6 Å². The first-order valence-electron chi connectivity index (χ1n) is 9.89. The van der Waals surface area contributed by atoms with E-state index in [1.54, 1.807) is 24.3 Å². The molecule has 2 aromatic carbocycles. The third-order valence-corrected chi connectivity index (χ3v) is 5.41. The van der Waals surface area contributed by atoms with Crippen LogP contribution in [0.25, 0.3) is 0 Å². The highest BCUT2D eigenvalue weighted by Crippen LogP contribution is 2.44. The van der Waals surface area contributed by atoms with Crippen molar-refractivity contribution in [1.29, 1.82) is 0 Å². The lowest BCUT2D eigenvalue weighted by Gasteiger charge is -2.34. The summed E-state index contributed by atoms with van der Waals surface area (Å²) in [5.41, 5.74) is 0.221. The third-order valence-electron chi connectivity index (χ3n) is 5.41. The number of amides is 1. The Morgan fingerprint density at radius 2 is 1.79 bits per heavy atom. The van der Waals surface area contributed by atoms with Gasteiger partial charge in [-0.1, -0.05) is 35.9 Å². The molecule has 0 saturated carbocycles. The molecule has 5 nitrogen and oxygen atoms in total. The van der Waals surface area contributed by atoms with Gasteiger partial charge in [0.15, 0.2) is 6.04 Å². The molecule has 1 aromatic heterocycles. The maximum Gasteiger partial charge on any atom is 0.416 e. The molecular weight excluding hydrogens is 450 g/mol. The van der Waals surface area contributed by atoms with Crippen molar-refractivity contribution < 1.29 is 31.1 Å². The van der Waals surface area contributed by atoms with E-state index in [1.807, 2.05) is 6.92 Å². The van der Waals surface area contributed by atoms with Crippen molar-refractivity contribution in [3.8, 4) is 0 Å². The van der Waals surface area contributed by atoms with Crippen molar-refractivity contribution in [2.24, 2.45) is 0 Å². The van der Waals surface area contributed by atoms with E-state index >= 15 is 0 Å². The molecule has 0 unspecified atom stereocenters. The first kappa shape index (κ1) is 22.7. The van der Waals surface area contributed by atoms with Gasteiger partial charge < -0.3 is 10.6 Å². The van der Waals surface area contributed by atoms with Gasteiger partial charge in [-0.2, -0.15) is 31.4 Å². The molecule has 174 valence electrons. The quantitative estimate of drug-likeness (QED) is 0.455. The lowest BCUT2D eigenvalue weighted by molar-refractivity contribution is -0.173. The number of alkyl halides is 6. The van der Waals surface area contributed by atoms with Gasteiger partial charge in [0.2, 0.25) is 0 Å². The first-order chi connectivity index (χ1) is 15.4. The van der Waals surface area contributed by atoms with Gasteiger partial charge in [-0.25, -0.2) is 4.68 Å². The minimum Gasteiger partial charge on any atom is -0.363 e. The van der Waals surface area contributed by atoms with Crippen LogP contribution in [0.2, 0.25) is 0 Å². The number of rotatable bonds is 3. The van der Waals surface area contributed by atoms with E-state index in [9.17, 15) is 31.1 Å². The van der Waals surface area contributed by atoms with Crippen LogP contribution in [-0.2, 0) is 6.18 Å². The molecule has 1 amide bonds. The molecule has 0 radical (unpaired) electrons. The van der Waals surface area contributed by atoms with E-state index in [4.69, 9.17) is 0 Å². The van der Waals surface area contributed by atoms with Gasteiger partial charge in [-0.15, -0.1) is 0 Å². The first-order valence-corrected chi connectivity index (χ1v) is 9.89. The number of benzene rings is 2. The van der Waals surface area contributed by atoms with Crippen molar-refractivity contribution >= 4 is 17.4 Å². The Balaban J connectivity index is 1.67. The summed E-state index contributed by atoms with van der Waals surface area (Å²) in [7, 11) is 0. The van der Waals surface area contributed by atoms with Crippen molar-refractivity contribution in [2.45, 2.75) is 37.8 Å². The number of nitrogens with one attached hydrogen (secondary N) is 2. The zero-order valence-electron chi connectivity index (χ0n) is 17.1. The minimum atomic E-state index is -4.62. The fourth-order valence-corrected chi connectivity index (χ4v) is 3.72. The Bertz CT molecular complexity index is 1170. The Morgan fingerprint density at radius 3 is 2.42 bits per heavy atom. The number of fused-ring (bicyclic) bond motifs is 1. The molecule has 2 atom stereocenters. The molecule has 11 heteroatoms. The molecule has 3 aromatic rings. The fourth-order valence-electron chi connectivity index (χ4n) is 3.72. The average molecular weight is 468 g/mol. The summed E-state index contributed by atoms with van der Waals surface area (Å²) in [6.07, 6.45) is -8.60. The van der Waals surface area contributed by atoms with E-state index in [0.717, 1.165) is 30.0 Å². The summed E-state index contributed by atoms with van der Waals surface area (Å²) < 4.78 is 80.9. The maximum atomic E-state index is 13.8. The molecule has 0 saturated heterocycles. The largest absolute Gasteiger partial charge is 0.416 e. The second kappa shape index (κ2) is 8.13. The molecule has 0 fully saturated rings. The Kier molecular flexibility index (Phi) is 5.59. The van der Waals surface area contributed by atoms with Gasteiger partial charge in [0.1, 0.15) is 11.4 Å². The number of carbonyl (C=O) groups is 1. The second-order valence-corrected chi connectivity index (χ2v) is 7.78. The summed E-state index contributed by atoms with van der Waals surface area (Å²) in [6, 6.07) is 8.19. The molecule has 2 N–H and O–H groups in total. The maximum absolute atomic E-state index is 13.8. The molecule has 1 aliphatic rings. The normalized spacial score (nSPS) is 18.4. The van der Waals surface area contributed by atoms with Crippen LogP contribution in [0.3, 0.4) is 0 Å². The van der Waals surface area contributed by atoms with Crippen molar-refractivity contribution in [3.63, 3.8) is 0 Å². The fraction of sp³-hybridized carbons (Fsp3) is 0.273. The highest BCUT2D eigenvalue weighted by atomic mass is 19.4. The van der Waals surface area contributed by atoms with E-state index < -0.39 is 35.9 Å². The lowest BCUT2D eigenvalue weighted by atomic mass is 9.96. The van der Waals surface area contributed by atoms with Crippen LogP contribution in [0.1, 0.15) is 45.6 Å². The third kappa shape index (κ3) is 4.67. The van der Waals surface area contributed by atoms with Gasteiger partial charge in [0.05, 0.1) is 17.8 Å². The van der Waals surface area contributed by atoms with E-state index in [-0.39, 0.29) is 23.5 Å². The monoisotopic (exact) mass is 468 g/mol. The summed E-state index contributed by atoms with van der Waals surface area (Å²) >= 11 is 0. The predicted octanol–water partition coefficient (Wildman–Crippen LogP) is 6.12. The number of hydrogen-bond acceptors (Lipinski definition) is 3. The summed E-state index contributed by atoms with van der Waals surface area (Å²) in [5, 5.41) is 9.01. The van der Waals surface area contributed by atoms with Crippen LogP contribution in [0.5, 0.6) is 0 Å². The van der Waals surface area contributed by atoms with Gasteiger partial charge in [-0.3, -0.25) is 4.79 Å². The predicted molar refractivity (Wildman–Crippen MR) is 109 cm³/mol. The number of nitrogens with zero attached hydrogens (tertiary/aromatic N) is 2. The summed E-state index contributed by atoms with van der Waals surface area (Å²) in [5.74, 6) is -1.04. The van der Waals surface area contributed by atoms with Gasteiger partial charge >= 0.3 is 12.4 Å². The smallest absolute Gasteiger partial charge is 0.363 e. The van der Waals surface area contributed by atoms with Crippen molar-refractivity contribution in [3.05, 3.63) is 77.0 Å². The zero-order chi connectivity index (χ0) is 24.0. The lowest BCUT2D eigenvalue weighted by Crippen LogP contribution is -2.36. The molecular formula is C22H18F6N4O. The van der Waals surface area contributed by atoms with Crippen LogP contribution >= 0.6 is 0 Å². The number of anilines is 2. The second-order valence-electron chi connectivity index (χ2n) is 7.78. The van der Waals surface area contributed by atoms with E-state index in [0.29, 0.717) is 10.2 Å². The van der Waals surface area contributed by atoms with E-state index in [1.165, 1.54) is 6.07 Å². The average Bonchev–Trinajstić information content (AvgIpc) is 3.16. The molecule has 0 bridgehead atoms. The molecule has 0 aliphatic carbocycles. The molecule has 33 heavy (non-hydrogen) atoms. The van der Waals surface area contributed by atoms with Crippen LogP contribution in [0, 0.1) is 6.92 Å². The number of aromatic nitrogens is 2. The number of carbonyl (C=O) groups excluding carboxylic acids is 1. The standard InChI is InChI=1S/C22H18F6N4O/c1-12-5-7-13(8-6-12)17-10-18(22(26,27)28)32-19(31-17)16(11-29-32)20(33)30-15-4-2-3-14(9-15)21(23,24)25/h2-9,11,17-18,31H,10H2,1H3,(H,30,33)/t17-,18-/m0/s1. The van der Waals surface area contributed by atoms with Crippen molar-refractivity contribution in [1.82, 2.24) is 9.78 Å². The minimum absolute atomic E-state index is 0.145. The Labute approximate surface area is 184 Å².